The summed E-state index contributed by atoms with van der Waals surface area (Å²) in [6, 6.07) is 4.25. The zero-order valence-electron chi connectivity index (χ0n) is 10.5. The minimum absolute atomic E-state index is 0.459. The zero-order valence-corrected chi connectivity index (χ0v) is 10.5. The molecule has 92 valence electrons. The largest absolute Gasteiger partial charge is 0.384 e. The lowest BCUT2D eigenvalue weighted by Crippen LogP contribution is -2.37. The standard InChI is InChI=1S/C14H20N2O/c1-17-11-14(5-6-14)10-16-8-4-12-3-2-7-15-13(12)9-16/h2-3,7H,4-6,8-11H2,1H3. The Morgan fingerprint density at radius 3 is 3.12 bits per heavy atom. The van der Waals surface area contributed by atoms with Crippen molar-refractivity contribution in [1.82, 2.24) is 9.88 Å². The number of aromatic nitrogens is 1. The average Bonchev–Trinajstić information content (AvgIpc) is 3.09. The Morgan fingerprint density at radius 1 is 1.47 bits per heavy atom. The van der Waals surface area contributed by atoms with E-state index in [1.54, 1.807) is 0 Å². The summed E-state index contributed by atoms with van der Waals surface area (Å²) in [5, 5.41) is 0. The van der Waals surface area contributed by atoms with E-state index in [0.717, 1.165) is 19.6 Å². The van der Waals surface area contributed by atoms with Crippen LogP contribution < -0.4 is 0 Å². The molecule has 0 aromatic carbocycles. The van der Waals surface area contributed by atoms with E-state index in [1.165, 1.54) is 37.2 Å². The molecule has 0 spiro atoms. The third kappa shape index (κ3) is 2.35. The summed E-state index contributed by atoms with van der Waals surface area (Å²) in [5.74, 6) is 0. The molecular formula is C14H20N2O. The second-order valence-electron chi connectivity index (χ2n) is 5.50. The molecule has 0 bridgehead atoms. The summed E-state index contributed by atoms with van der Waals surface area (Å²) in [4.78, 5) is 7.04. The van der Waals surface area contributed by atoms with Crippen LogP contribution in [0.25, 0.3) is 0 Å². The van der Waals surface area contributed by atoms with Gasteiger partial charge in [-0.2, -0.15) is 0 Å². The van der Waals surface area contributed by atoms with Gasteiger partial charge in [-0.1, -0.05) is 6.07 Å². The molecule has 1 aromatic rings. The van der Waals surface area contributed by atoms with Crippen molar-refractivity contribution in [1.29, 1.82) is 0 Å². The van der Waals surface area contributed by atoms with Crippen LogP contribution in [-0.4, -0.2) is 36.7 Å². The van der Waals surface area contributed by atoms with Gasteiger partial charge in [0, 0.05) is 38.4 Å². The number of hydrogen-bond donors (Lipinski definition) is 0. The number of rotatable bonds is 4. The molecule has 3 heteroatoms. The first-order valence-corrected chi connectivity index (χ1v) is 6.45. The molecule has 0 radical (unpaired) electrons. The van der Waals surface area contributed by atoms with Gasteiger partial charge in [0.05, 0.1) is 12.3 Å². The highest BCUT2D eigenvalue weighted by Gasteiger charge is 2.44. The van der Waals surface area contributed by atoms with Gasteiger partial charge in [0.25, 0.3) is 0 Å². The van der Waals surface area contributed by atoms with Crippen LogP contribution in [0.15, 0.2) is 18.3 Å². The molecule has 0 amide bonds. The molecular weight excluding hydrogens is 212 g/mol. The normalized spacial score (nSPS) is 22.2. The topological polar surface area (TPSA) is 25.4 Å². The van der Waals surface area contributed by atoms with Crippen LogP contribution in [0, 0.1) is 5.41 Å². The van der Waals surface area contributed by atoms with Crippen LogP contribution in [0.5, 0.6) is 0 Å². The van der Waals surface area contributed by atoms with E-state index < -0.39 is 0 Å². The Morgan fingerprint density at radius 2 is 2.35 bits per heavy atom. The average molecular weight is 232 g/mol. The summed E-state index contributed by atoms with van der Waals surface area (Å²) in [5.41, 5.74) is 3.16. The SMILES string of the molecule is COCC1(CN2CCc3cccnc3C2)CC1. The maximum Gasteiger partial charge on any atom is 0.0576 e. The molecule has 0 N–H and O–H groups in total. The Labute approximate surface area is 103 Å². The van der Waals surface area contributed by atoms with E-state index in [9.17, 15) is 0 Å². The van der Waals surface area contributed by atoms with E-state index in [2.05, 4.69) is 16.0 Å². The van der Waals surface area contributed by atoms with Gasteiger partial charge in [0.2, 0.25) is 0 Å². The smallest absolute Gasteiger partial charge is 0.0576 e. The highest BCUT2D eigenvalue weighted by Crippen LogP contribution is 2.46. The van der Waals surface area contributed by atoms with Crippen LogP contribution in [0.1, 0.15) is 24.1 Å². The lowest BCUT2D eigenvalue weighted by Gasteiger charge is -2.31. The number of nitrogens with zero attached hydrogens (tertiary/aromatic N) is 2. The number of methoxy groups -OCH3 is 1. The van der Waals surface area contributed by atoms with Crippen molar-refractivity contribution in [3.05, 3.63) is 29.6 Å². The lowest BCUT2D eigenvalue weighted by molar-refractivity contribution is 0.102. The minimum atomic E-state index is 0.459. The third-order valence-electron chi connectivity index (χ3n) is 4.02. The van der Waals surface area contributed by atoms with Crippen molar-refractivity contribution >= 4 is 0 Å². The first-order valence-electron chi connectivity index (χ1n) is 6.45. The molecule has 3 nitrogen and oxygen atoms in total. The van der Waals surface area contributed by atoms with E-state index in [-0.39, 0.29) is 0 Å². The Bertz CT molecular complexity index is 401. The van der Waals surface area contributed by atoms with E-state index >= 15 is 0 Å². The Hall–Kier alpha value is -0.930. The predicted octanol–water partition coefficient (Wildman–Crippen LogP) is 1.87. The van der Waals surface area contributed by atoms with E-state index in [1.807, 2.05) is 19.4 Å². The summed E-state index contributed by atoms with van der Waals surface area (Å²) in [6.45, 7) is 4.28. The quantitative estimate of drug-likeness (QED) is 0.792. The second-order valence-corrected chi connectivity index (χ2v) is 5.50. The van der Waals surface area contributed by atoms with Crippen molar-refractivity contribution in [3.63, 3.8) is 0 Å². The van der Waals surface area contributed by atoms with Gasteiger partial charge in [-0.05, 0) is 30.9 Å². The van der Waals surface area contributed by atoms with Crippen LogP contribution in [0.2, 0.25) is 0 Å². The van der Waals surface area contributed by atoms with Gasteiger partial charge < -0.3 is 4.74 Å². The number of fused-ring (bicyclic) bond motifs is 1. The van der Waals surface area contributed by atoms with Crippen LogP contribution in [0.3, 0.4) is 0 Å². The van der Waals surface area contributed by atoms with Crippen LogP contribution in [-0.2, 0) is 17.7 Å². The number of ether oxygens (including phenoxy) is 1. The number of hydrogen-bond acceptors (Lipinski definition) is 3. The second kappa shape index (κ2) is 4.39. The van der Waals surface area contributed by atoms with Crippen molar-refractivity contribution in [2.75, 3.05) is 26.8 Å². The molecule has 0 atom stereocenters. The van der Waals surface area contributed by atoms with Crippen molar-refractivity contribution in [3.8, 4) is 0 Å². The summed E-state index contributed by atoms with van der Waals surface area (Å²) in [6.07, 6.45) is 5.70. The fraction of sp³-hybridized carbons (Fsp3) is 0.643. The predicted molar refractivity (Wildman–Crippen MR) is 66.8 cm³/mol. The fourth-order valence-electron chi connectivity index (χ4n) is 2.85. The first-order chi connectivity index (χ1) is 8.31. The monoisotopic (exact) mass is 232 g/mol. The molecule has 3 rings (SSSR count). The molecule has 2 heterocycles. The molecule has 1 saturated carbocycles. The van der Waals surface area contributed by atoms with Crippen molar-refractivity contribution in [2.24, 2.45) is 5.41 Å². The molecule has 1 aliphatic heterocycles. The molecule has 0 saturated heterocycles. The minimum Gasteiger partial charge on any atom is -0.384 e. The molecule has 1 aromatic heterocycles. The van der Waals surface area contributed by atoms with Gasteiger partial charge in [-0.25, -0.2) is 0 Å². The Balaban J connectivity index is 1.64. The molecule has 2 aliphatic rings. The van der Waals surface area contributed by atoms with Gasteiger partial charge in [0.15, 0.2) is 0 Å². The van der Waals surface area contributed by atoms with E-state index in [0.29, 0.717) is 5.41 Å². The van der Waals surface area contributed by atoms with E-state index in [4.69, 9.17) is 4.74 Å². The van der Waals surface area contributed by atoms with Crippen molar-refractivity contribution in [2.45, 2.75) is 25.8 Å². The maximum absolute atomic E-state index is 5.34. The summed E-state index contributed by atoms with van der Waals surface area (Å²) >= 11 is 0. The van der Waals surface area contributed by atoms with Gasteiger partial charge >= 0.3 is 0 Å². The van der Waals surface area contributed by atoms with Crippen LogP contribution in [0.4, 0.5) is 0 Å². The van der Waals surface area contributed by atoms with Crippen LogP contribution >= 0.6 is 0 Å². The first kappa shape index (κ1) is 11.2. The summed E-state index contributed by atoms with van der Waals surface area (Å²) < 4.78 is 5.34. The highest BCUT2D eigenvalue weighted by atomic mass is 16.5. The fourth-order valence-corrected chi connectivity index (χ4v) is 2.85. The molecule has 1 fully saturated rings. The maximum atomic E-state index is 5.34. The molecule has 0 unspecified atom stereocenters. The number of pyridine rings is 1. The lowest BCUT2D eigenvalue weighted by atomic mass is 10.0. The molecule has 1 aliphatic carbocycles. The Kier molecular flexibility index (Phi) is 2.89. The zero-order chi connectivity index (χ0) is 11.7. The van der Waals surface area contributed by atoms with Crippen molar-refractivity contribution < 1.29 is 4.74 Å². The van der Waals surface area contributed by atoms with Gasteiger partial charge in [-0.3, -0.25) is 9.88 Å². The van der Waals surface area contributed by atoms with Gasteiger partial charge in [-0.15, -0.1) is 0 Å². The highest BCUT2D eigenvalue weighted by molar-refractivity contribution is 5.22. The molecule has 17 heavy (non-hydrogen) atoms. The third-order valence-corrected chi connectivity index (χ3v) is 4.02. The van der Waals surface area contributed by atoms with Gasteiger partial charge in [0.1, 0.15) is 0 Å². The summed E-state index contributed by atoms with van der Waals surface area (Å²) in [7, 11) is 1.81.